The first kappa shape index (κ1) is 10.7. The van der Waals surface area contributed by atoms with Crippen LogP contribution < -0.4 is 10.4 Å². The van der Waals surface area contributed by atoms with Crippen LogP contribution in [0.1, 0.15) is 5.56 Å². The average Bonchev–Trinajstić information content (AvgIpc) is 2.28. The zero-order valence-corrected chi connectivity index (χ0v) is 9.15. The van der Waals surface area contributed by atoms with Crippen molar-refractivity contribution >= 4 is 11.0 Å². The third-order valence-corrected chi connectivity index (χ3v) is 2.34. The Morgan fingerprint density at radius 3 is 2.75 bits per heavy atom. The molecule has 0 aliphatic heterocycles. The van der Waals surface area contributed by atoms with Crippen LogP contribution in [-0.2, 0) is 11.3 Å². The van der Waals surface area contributed by atoms with E-state index in [1.54, 1.807) is 20.3 Å². The second-order valence-corrected chi connectivity index (χ2v) is 3.39. The second-order valence-electron chi connectivity index (χ2n) is 3.39. The topological polar surface area (TPSA) is 48.7 Å². The summed E-state index contributed by atoms with van der Waals surface area (Å²) < 4.78 is 15.2. The van der Waals surface area contributed by atoms with Crippen molar-refractivity contribution in [2.24, 2.45) is 0 Å². The van der Waals surface area contributed by atoms with Crippen LogP contribution in [0.5, 0.6) is 5.75 Å². The van der Waals surface area contributed by atoms with Gasteiger partial charge in [-0.25, -0.2) is 4.79 Å². The third kappa shape index (κ3) is 1.92. The molecule has 0 aliphatic carbocycles. The number of benzene rings is 1. The summed E-state index contributed by atoms with van der Waals surface area (Å²) in [5.74, 6) is 0.658. The summed E-state index contributed by atoms with van der Waals surface area (Å²) in [4.78, 5) is 11.3. The maximum Gasteiger partial charge on any atom is 0.336 e. The molecule has 0 amide bonds. The van der Waals surface area contributed by atoms with Gasteiger partial charge in [0.15, 0.2) is 0 Å². The van der Waals surface area contributed by atoms with Crippen LogP contribution in [-0.4, -0.2) is 14.2 Å². The van der Waals surface area contributed by atoms with E-state index in [1.807, 2.05) is 12.1 Å². The predicted octanol–water partition coefficient (Wildman–Crippen LogP) is 1.95. The Bertz CT molecular complexity index is 556. The standard InChI is InChI=1S/C12H12O4/c1-14-7-8-5-12(13)16-11-6-9(15-2)3-4-10(8)11/h3-6H,7H2,1-2H3. The van der Waals surface area contributed by atoms with Crippen molar-refractivity contribution in [3.05, 3.63) is 40.2 Å². The van der Waals surface area contributed by atoms with Crippen LogP contribution in [0.2, 0.25) is 0 Å². The summed E-state index contributed by atoms with van der Waals surface area (Å²) in [6, 6.07) is 6.81. The lowest BCUT2D eigenvalue weighted by Crippen LogP contribution is -2.01. The van der Waals surface area contributed by atoms with Crippen LogP contribution in [0.15, 0.2) is 33.5 Å². The number of methoxy groups -OCH3 is 2. The molecule has 0 radical (unpaired) electrons. The first-order chi connectivity index (χ1) is 7.74. The van der Waals surface area contributed by atoms with Crippen molar-refractivity contribution in [3.63, 3.8) is 0 Å². The number of fused-ring (bicyclic) bond motifs is 1. The van der Waals surface area contributed by atoms with Gasteiger partial charge in [-0.2, -0.15) is 0 Å². The first-order valence-corrected chi connectivity index (χ1v) is 4.84. The molecule has 1 heterocycles. The molecule has 1 aromatic heterocycles. The van der Waals surface area contributed by atoms with E-state index in [9.17, 15) is 4.79 Å². The van der Waals surface area contributed by atoms with E-state index < -0.39 is 0 Å². The Balaban J connectivity index is 2.68. The van der Waals surface area contributed by atoms with Gasteiger partial charge in [0.25, 0.3) is 0 Å². The molecule has 4 heteroatoms. The Kier molecular flexibility index (Phi) is 2.92. The van der Waals surface area contributed by atoms with E-state index in [2.05, 4.69) is 0 Å². The largest absolute Gasteiger partial charge is 0.497 e. The molecule has 0 bridgehead atoms. The quantitative estimate of drug-likeness (QED) is 0.742. The number of hydrogen-bond donors (Lipinski definition) is 0. The lowest BCUT2D eigenvalue weighted by atomic mass is 10.1. The number of rotatable bonds is 3. The van der Waals surface area contributed by atoms with Crippen molar-refractivity contribution in [1.29, 1.82) is 0 Å². The van der Waals surface area contributed by atoms with Crippen LogP contribution in [0.25, 0.3) is 11.0 Å². The predicted molar refractivity (Wildman–Crippen MR) is 59.7 cm³/mol. The molecule has 0 aliphatic rings. The summed E-state index contributed by atoms with van der Waals surface area (Å²) in [6.07, 6.45) is 0. The van der Waals surface area contributed by atoms with Crippen molar-refractivity contribution in [3.8, 4) is 5.75 Å². The van der Waals surface area contributed by atoms with Gasteiger partial charge in [-0.1, -0.05) is 0 Å². The van der Waals surface area contributed by atoms with E-state index in [0.717, 1.165) is 10.9 Å². The number of ether oxygens (including phenoxy) is 2. The van der Waals surface area contributed by atoms with Gasteiger partial charge in [0.2, 0.25) is 0 Å². The van der Waals surface area contributed by atoms with Gasteiger partial charge in [0, 0.05) is 24.6 Å². The summed E-state index contributed by atoms with van der Waals surface area (Å²) in [6.45, 7) is 0.383. The Hall–Kier alpha value is -1.81. The molecule has 4 nitrogen and oxygen atoms in total. The van der Waals surface area contributed by atoms with Gasteiger partial charge in [-0.15, -0.1) is 0 Å². The molecule has 0 saturated heterocycles. The SMILES string of the molecule is COCc1cc(=O)oc2cc(OC)ccc12. The van der Waals surface area contributed by atoms with Crippen LogP contribution in [0, 0.1) is 0 Å². The minimum Gasteiger partial charge on any atom is -0.497 e. The fourth-order valence-corrected chi connectivity index (χ4v) is 1.61. The molecule has 0 unspecified atom stereocenters. The van der Waals surface area contributed by atoms with Crippen molar-refractivity contribution in [2.45, 2.75) is 6.61 Å². The lowest BCUT2D eigenvalue weighted by molar-refractivity contribution is 0.185. The molecule has 0 saturated carbocycles. The highest BCUT2D eigenvalue weighted by molar-refractivity contribution is 5.81. The van der Waals surface area contributed by atoms with E-state index in [-0.39, 0.29) is 5.63 Å². The Labute approximate surface area is 92.4 Å². The molecule has 16 heavy (non-hydrogen) atoms. The Morgan fingerprint density at radius 2 is 2.06 bits per heavy atom. The molecule has 2 rings (SSSR count). The molecule has 0 spiro atoms. The van der Waals surface area contributed by atoms with E-state index >= 15 is 0 Å². The summed E-state index contributed by atoms with van der Waals surface area (Å²) in [5, 5.41) is 0.863. The van der Waals surface area contributed by atoms with E-state index in [0.29, 0.717) is 17.9 Å². The fraction of sp³-hybridized carbons (Fsp3) is 0.250. The lowest BCUT2D eigenvalue weighted by Gasteiger charge is -2.05. The molecular formula is C12H12O4. The Morgan fingerprint density at radius 1 is 1.25 bits per heavy atom. The molecule has 0 fully saturated rings. The van der Waals surface area contributed by atoms with Crippen molar-refractivity contribution in [2.75, 3.05) is 14.2 Å². The highest BCUT2D eigenvalue weighted by Gasteiger charge is 2.06. The van der Waals surface area contributed by atoms with Gasteiger partial charge in [0.1, 0.15) is 11.3 Å². The smallest absolute Gasteiger partial charge is 0.336 e. The number of hydrogen-bond acceptors (Lipinski definition) is 4. The van der Waals surface area contributed by atoms with E-state index in [4.69, 9.17) is 13.9 Å². The zero-order chi connectivity index (χ0) is 11.5. The second kappa shape index (κ2) is 4.37. The highest BCUT2D eigenvalue weighted by Crippen LogP contribution is 2.22. The molecule has 0 N–H and O–H groups in total. The van der Waals surface area contributed by atoms with Gasteiger partial charge < -0.3 is 13.9 Å². The van der Waals surface area contributed by atoms with Gasteiger partial charge in [-0.05, 0) is 17.7 Å². The average molecular weight is 220 g/mol. The van der Waals surface area contributed by atoms with Gasteiger partial charge in [-0.3, -0.25) is 0 Å². The monoisotopic (exact) mass is 220 g/mol. The molecule has 1 aromatic carbocycles. The molecular weight excluding hydrogens is 208 g/mol. The van der Waals surface area contributed by atoms with Crippen LogP contribution in [0.4, 0.5) is 0 Å². The zero-order valence-electron chi connectivity index (χ0n) is 9.15. The van der Waals surface area contributed by atoms with Gasteiger partial charge in [0.05, 0.1) is 13.7 Å². The maximum absolute atomic E-state index is 11.3. The van der Waals surface area contributed by atoms with Crippen molar-refractivity contribution < 1.29 is 13.9 Å². The van der Waals surface area contributed by atoms with Gasteiger partial charge >= 0.3 is 5.63 Å². The van der Waals surface area contributed by atoms with Crippen LogP contribution >= 0.6 is 0 Å². The van der Waals surface area contributed by atoms with E-state index in [1.165, 1.54) is 6.07 Å². The first-order valence-electron chi connectivity index (χ1n) is 4.84. The summed E-state index contributed by atoms with van der Waals surface area (Å²) in [7, 11) is 3.16. The summed E-state index contributed by atoms with van der Waals surface area (Å²) in [5.41, 5.74) is 0.947. The van der Waals surface area contributed by atoms with Crippen molar-refractivity contribution in [1.82, 2.24) is 0 Å². The highest BCUT2D eigenvalue weighted by atomic mass is 16.5. The molecule has 84 valence electrons. The molecule has 2 aromatic rings. The minimum absolute atomic E-state index is 0.382. The minimum atomic E-state index is -0.382. The normalized spacial score (nSPS) is 10.6. The summed E-state index contributed by atoms with van der Waals surface area (Å²) >= 11 is 0. The maximum atomic E-state index is 11.3. The third-order valence-electron chi connectivity index (χ3n) is 2.34. The fourth-order valence-electron chi connectivity index (χ4n) is 1.61. The molecule has 0 atom stereocenters. The van der Waals surface area contributed by atoms with Crippen LogP contribution in [0.3, 0.4) is 0 Å².